The van der Waals surface area contributed by atoms with E-state index >= 15 is 0 Å². The van der Waals surface area contributed by atoms with Gasteiger partial charge < -0.3 is 16.0 Å². The van der Waals surface area contributed by atoms with E-state index in [1.807, 2.05) is 6.92 Å². The molecule has 1 aromatic rings. The number of hydrogen-bond donors (Lipinski definition) is 3. The number of halogens is 2. The average molecular weight is 465 g/mol. The van der Waals surface area contributed by atoms with Crippen molar-refractivity contribution in [1.82, 2.24) is 16.0 Å². The first kappa shape index (κ1) is 21.0. The Bertz CT molecular complexity index is 547. The van der Waals surface area contributed by atoms with Crippen LogP contribution in [0.2, 0.25) is 5.02 Å². The molecule has 1 fully saturated rings. The highest BCUT2D eigenvalue weighted by Crippen LogP contribution is 2.17. The van der Waals surface area contributed by atoms with Crippen LogP contribution in [-0.2, 0) is 0 Å². The standard InChI is InChI=1S/C17H25ClN4O.HI/c1-2-19-17(22-13-7-3-4-8-13)21-12-11-20-16(23)14-9-5-6-10-15(14)18;/h5-6,9-10,13H,2-4,7-8,11-12H2,1H3,(H,20,23)(H2,19,21,22);1H. The van der Waals surface area contributed by atoms with Gasteiger partial charge >= 0.3 is 0 Å². The minimum absolute atomic E-state index is 0. The lowest BCUT2D eigenvalue weighted by Gasteiger charge is -2.16. The van der Waals surface area contributed by atoms with Gasteiger partial charge in [-0.15, -0.1) is 24.0 Å². The summed E-state index contributed by atoms with van der Waals surface area (Å²) in [5.41, 5.74) is 0.495. The van der Waals surface area contributed by atoms with Crippen molar-refractivity contribution in [3.63, 3.8) is 0 Å². The number of carbonyl (C=O) groups excluding carboxylic acids is 1. The van der Waals surface area contributed by atoms with Crippen LogP contribution in [0, 0.1) is 0 Å². The minimum Gasteiger partial charge on any atom is -0.357 e. The summed E-state index contributed by atoms with van der Waals surface area (Å²) in [5, 5.41) is 10.0. The molecule has 1 aliphatic rings. The van der Waals surface area contributed by atoms with E-state index < -0.39 is 0 Å². The van der Waals surface area contributed by atoms with Crippen molar-refractivity contribution in [2.45, 2.75) is 38.6 Å². The van der Waals surface area contributed by atoms with E-state index in [1.165, 1.54) is 25.7 Å². The maximum atomic E-state index is 12.0. The number of carbonyl (C=O) groups is 1. The number of benzene rings is 1. The molecule has 7 heteroatoms. The molecule has 0 aromatic heterocycles. The first-order valence-electron chi connectivity index (χ1n) is 8.28. The van der Waals surface area contributed by atoms with Gasteiger partial charge in [0.2, 0.25) is 0 Å². The summed E-state index contributed by atoms with van der Waals surface area (Å²) in [5.74, 6) is 0.658. The Morgan fingerprint density at radius 1 is 1.25 bits per heavy atom. The molecule has 0 unspecified atom stereocenters. The molecule has 0 aliphatic heterocycles. The maximum absolute atomic E-state index is 12.0. The number of rotatable bonds is 6. The molecule has 1 aliphatic carbocycles. The Morgan fingerprint density at radius 3 is 2.62 bits per heavy atom. The van der Waals surface area contributed by atoms with E-state index in [-0.39, 0.29) is 29.9 Å². The third kappa shape index (κ3) is 6.84. The summed E-state index contributed by atoms with van der Waals surface area (Å²) in [4.78, 5) is 16.6. The van der Waals surface area contributed by atoms with Gasteiger partial charge in [-0.2, -0.15) is 0 Å². The van der Waals surface area contributed by atoms with Crippen LogP contribution in [0.4, 0.5) is 0 Å². The van der Waals surface area contributed by atoms with Gasteiger partial charge in [0.1, 0.15) is 0 Å². The molecule has 0 heterocycles. The largest absolute Gasteiger partial charge is 0.357 e. The van der Waals surface area contributed by atoms with Crippen LogP contribution in [0.25, 0.3) is 0 Å². The SMILES string of the molecule is CCNC(=NCCNC(=O)c1ccccc1Cl)NC1CCCC1.I. The molecule has 2 rings (SSSR count). The minimum atomic E-state index is -0.167. The number of amides is 1. The fourth-order valence-corrected chi connectivity index (χ4v) is 2.88. The molecule has 0 spiro atoms. The molecular weight excluding hydrogens is 439 g/mol. The predicted molar refractivity (Wildman–Crippen MR) is 111 cm³/mol. The second kappa shape index (κ2) is 11.5. The summed E-state index contributed by atoms with van der Waals surface area (Å²) in [7, 11) is 0. The molecule has 5 nitrogen and oxygen atoms in total. The molecule has 0 bridgehead atoms. The fourth-order valence-electron chi connectivity index (χ4n) is 2.66. The van der Waals surface area contributed by atoms with Crippen LogP contribution in [0.5, 0.6) is 0 Å². The Balaban J connectivity index is 0.00000288. The molecule has 0 radical (unpaired) electrons. The Morgan fingerprint density at radius 2 is 1.96 bits per heavy atom. The van der Waals surface area contributed by atoms with Crippen molar-refractivity contribution in [3.05, 3.63) is 34.9 Å². The third-order valence-electron chi connectivity index (χ3n) is 3.83. The van der Waals surface area contributed by atoms with Crippen molar-refractivity contribution in [3.8, 4) is 0 Å². The highest BCUT2D eigenvalue weighted by Gasteiger charge is 2.15. The first-order valence-corrected chi connectivity index (χ1v) is 8.66. The van der Waals surface area contributed by atoms with Crippen molar-refractivity contribution >= 4 is 47.4 Å². The number of nitrogens with one attached hydrogen (secondary N) is 3. The highest BCUT2D eigenvalue weighted by molar-refractivity contribution is 14.0. The summed E-state index contributed by atoms with van der Waals surface area (Å²) >= 11 is 6.01. The zero-order valence-corrected chi connectivity index (χ0v) is 17.1. The van der Waals surface area contributed by atoms with Crippen LogP contribution in [0.1, 0.15) is 43.0 Å². The van der Waals surface area contributed by atoms with Gasteiger partial charge in [0.15, 0.2) is 5.96 Å². The second-order valence-electron chi connectivity index (χ2n) is 5.62. The van der Waals surface area contributed by atoms with E-state index in [9.17, 15) is 4.79 Å². The molecule has 1 amide bonds. The number of aliphatic imine (C=N–C) groups is 1. The van der Waals surface area contributed by atoms with Gasteiger partial charge in [-0.05, 0) is 31.9 Å². The van der Waals surface area contributed by atoms with Crippen molar-refractivity contribution < 1.29 is 4.79 Å². The Labute approximate surface area is 166 Å². The summed E-state index contributed by atoms with van der Waals surface area (Å²) < 4.78 is 0. The molecule has 24 heavy (non-hydrogen) atoms. The topological polar surface area (TPSA) is 65.5 Å². The summed E-state index contributed by atoms with van der Waals surface area (Å²) in [6.45, 7) is 3.87. The highest BCUT2D eigenvalue weighted by atomic mass is 127. The zero-order valence-electron chi connectivity index (χ0n) is 14.0. The van der Waals surface area contributed by atoms with E-state index in [2.05, 4.69) is 20.9 Å². The van der Waals surface area contributed by atoms with E-state index in [0.29, 0.717) is 29.7 Å². The van der Waals surface area contributed by atoms with E-state index in [4.69, 9.17) is 11.6 Å². The van der Waals surface area contributed by atoms with Gasteiger partial charge in [0.25, 0.3) is 5.91 Å². The van der Waals surface area contributed by atoms with Crippen molar-refractivity contribution in [2.24, 2.45) is 4.99 Å². The van der Waals surface area contributed by atoms with Crippen LogP contribution in [0.3, 0.4) is 0 Å². The summed E-state index contributed by atoms with van der Waals surface area (Å²) in [6.07, 6.45) is 4.97. The monoisotopic (exact) mass is 464 g/mol. The van der Waals surface area contributed by atoms with Crippen molar-refractivity contribution in [2.75, 3.05) is 19.6 Å². The van der Waals surface area contributed by atoms with Gasteiger partial charge in [-0.25, -0.2) is 0 Å². The number of nitrogens with zero attached hydrogens (tertiary/aromatic N) is 1. The number of guanidine groups is 1. The lowest BCUT2D eigenvalue weighted by Crippen LogP contribution is -2.42. The smallest absolute Gasteiger partial charge is 0.252 e. The molecule has 134 valence electrons. The number of hydrogen-bond acceptors (Lipinski definition) is 2. The van der Waals surface area contributed by atoms with E-state index in [1.54, 1.807) is 24.3 Å². The van der Waals surface area contributed by atoms with Gasteiger partial charge in [-0.3, -0.25) is 9.79 Å². The van der Waals surface area contributed by atoms with Gasteiger partial charge in [-0.1, -0.05) is 36.6 Å². The molecule has 3 N–H and O–H groups in total. The van der Waals surface area contributed by atoms with Crippen LogP contribution < -0.4 is 16.0 Å². The van der Waals surface area contributed by atoms with Crippen LogP contribution in [0.15, 0.2) is 29.3 Å². The lowest BCUT2D eigenvalue weighted by molar-refractivity contribution is 0.0955. The average Bonchev–Trinajstić information content (AvgIpc) is 3.05. The zero-order chi connectivity index (χ0) is 16.5. The predicted octanol–water partition coefficient (Wildman–Crippen LogP) is 3.19. The van der Waals surface area contributed by atoms with Gasteiger partial charge in [0, 0.05) is 19.1 Å². The first-order chi connectivity index (χ1) is 11.2. The molecule has 1 saturated carbocycles. The third-order valence-corrected chi connectivity index (χ3v) is 4.16. The van der Waals surface area contributed by atoms with Gasteiger partial charge in [0.05, 0.1) is 17.1 Å². The Kier molecular flexibility index (Phi) is 10.1. The van der Waals surface area contributed by atoms with Crippen LogP contribution >= 0.6 is 35.6 Å². The van der Waals surface area contributed by atoms with E-state index in [0.717, 1.165) is 12.5 Å². The second-order valence-corrected chi connectivity index (χ2v) is 6.03. The quantitative estimate of drug-likeness (QED) is 0.262. The molecular formula is C17H26ClIN4O. The fraction of sp³-hybridized carbons (Fsp3) is 0.529. The lowest BCUT2D eigenvalue weighted by atomic mass is 10.2. The van der Waals surface area contributed by atoms with Crippen molar-refractivity contribution in [1.29, 1.82) is 0 Å². The molecule has 0 saturated heterocycles. The molecule has 1 aromatic carbocycles. The normalized spacial score (nSPS) is 14.8. The Hall–Kier alpha value is -1.02. The van der Waals surface area contributed by atoms with Crippen LogP contribution in [-0.4, -0.2) is 37.5 Å². The molecule has 0 atom stereocenters. The summed E-state index contributed by atoms with van der Waals surface area (Å²) in [6, 6.07) is 7.55. The maximum Gasteiger partial charge on any atom is 0.252 e.